The number of methoxy groups -OCH3 is 1. The van der Waals surface area contributed by atoms with Crippen molar-refractivity contribution < 1.29 is 9.15 Å². The number of aromatic nitrogens is 2. The second-order valence-corrected chi connectivity index (χ2v) is 5.82. The SMILES string of the molecule is C=CCN(C)Cc1ccc(-c2nnc(-c3ccc(OC)cc3)o2)cc1. The first-order valence-electron chi connectivity index (χ1n) is 8.06. The number of hydrogen-bond donors (Lipinski definition) is 0. The van der Waals surface area contributed by atoms with Gasteiger partial charge >= 0.3 is 0 Å². The van der Waals surface area contributed by atoms with E-state index in [2.05, 4.69) is 40.9 Å². The fraction of sp³-hybridized carbons (Fsp3) is 0.200. The number of nitrogens with zero attached hydrogens (tertiary/aromatic N) is 3. The first-order valence-corrected chi connectivity index (χ1v) is 8.06. The van der Waals surface area contributed by atoms with Gasteiger partial charge in [-0.2, -0.15) is 0 Å². The van der Waals surface area contributed by atoms with Crippen LogP contribution < -0.4 is 4.74 Å². The molecule has 5 heteroatoms. The van der Waals surface area contributed by atoms with Crippen LogP contribution >= 0.6 is 0 Å². The van der Waals surface area contributed by atoms with E-state index in [4.69, 9.17) is 9.15 Å². The van der Waals surface area contributed by atoms with Crippen LogP contribution in [0.15, 0.2) is 65.6 Å². The van der Waals surface area contributed by atoms with Crippen LogP contribution in [0.2, 0.25) is 0 Å². The highest BCUT2D eigenvalue weighted by Gasteiger charge is 2.11. The molecule has 5 nitrogen and oxygen atoms in total. The summed E-state index contributed by atoms with van der Waals surface area (Å²) >= 11 is 0. The lowest BCUT2D eigenvalue weighted by atomic mass is 10.1. The molecule has 25 heavy (non-hydrogen) atoms. The Balaban J connectivity index is 1.74. The maximum absolute atomic E-state index is 5.80. The summed E-state index contributed by atoms with van der Waals surface area (Å²) in [5, 5.41) is 8.29. The van der Waals surface area contributed by atoms with Gasteiger partial charge in [-0.25, -0.2) is 0 Å². The van der Waals surface area contributed by atoms with Gasteiger partial charge in [-0.05, 0) is 49.0 Å². The lowest BCUT2D eigenvalue weighted by Gasteiger charge is -2.14. The summed E-state index contributed by atoms with van der Waals surface area (Å²) in [5.74, 6) is 1.80. The maximum Gasteiger partial charge on any atom is 0.248 e. The van der Waals surface area contributed by atoms with E-state index in [9.17, 15) is 0 Å². The Kier molecular flexibility index (Phi) is 5.26. The normalized spacial score (nSPS) is 10.8. The van der Waals surface area contributed by atoms with Crippen molar-refractivity contribution >= 4 is 0 Å². The fourth-order valence-corrected chi connectivity index (χ4v) is 2.54. The van der Waals surface area contributed by atoms with Crippen LogP contribution in [0.25, 0.3) is 22.9 Å². The van der Waals surface area contributed by atoms with Crippen molar-refractivity contribution in [2.45, 2.75) is 6.54 Å². The molecule has 0 bridgehead atoms. The first kappa shape index (κ1) is 16.9. The van der Waals surface area contributed by atoms with Gasteiger partial charge in [-0.1, -0.05) is 18.2 Å². The molecule has 2 aromatic carbocycles. The van der Waals surface area contributed by atoms with Gasteiger partial charge in [-0.3, -0.25) is 4.90 Å². The van der Waals surface area contributed by atoms with Gasteiger partial charge in [0.2, 0.25) is 11.8 Å². The summed E-state index contributed by atoms with van der Waals surface area (Å²) in [6.45, 7) is 5.48. The molecule has 0 radical (unpaired) electrons. The number of benzene rings is 2. The highest BCUT2D eigenvalue weighted by Crippen LogP contribution is 2.25. The molecule has 1 aromatic heterocycles. The Morgan fingerprint density at radius 2 is 1.56 bits per heavy atom. The van der Waals surface area contributed by atoms with E-state index in [1.54, 1.807) is 7.11 Å². The molecule has 0 aliphatic rings. The molecular weight excluding hydrogens is 314 g/mol. The smallest absolute Gasteiger partial charge is 0.248 e. The van der Waals surface area contributed by atoms with Gasteiger partial charge in [-0.15, -0.1) is 16.8 Å². The van der Waals surface area contributed by atoms with Crippen LogP contribution in [-0.4, -0.2) is 35.8 Å². The molecule has 0 spiro atoms. The standard InChI is InChI=1S/C20H21N3O2/c1-4-13-23(2)14-15-5-7-16(8-6-15)19-21-22-20(25-19)17-9-11-18(24-3)12-10-17/h4-12H,1,13-14H2,2-3H3. The molecule has 3 aromatic rings. The van der Waals surface area contributed by atoms with Gasteiger partial charge in [0.25, 0.3) is 0 Å². The third-order valence-corrected chi connectivity index (χ3v) is 3.86. The topological polar surface area (TPSA) is 51.4 Å². The van der Waals surface area contributed by atoms with Crippen molar-refractivity contribution in [1.29, 1.82) is 0 Å². The number of rotatable bonds is 7. The quantitative estimate of drug-likeness (QED) is 0.610. The minimum atomic E-state index is 0.493. The third-order valence-electron chi connectivity index (χ3n) is 3.86. The van der Waals surface area contributed by atoms with E-state index in [0.717, 1.165) is 30.0 Å². The zero-order valence-electron chi connectivity index (χ0n) is 14.5. The third kappa shape index (κ3) is 4.14. The van der Waals surface area contributed by atoms with Crippen LogP contribution in [0.1, 0.15) is 5.56 Å². The van der Waals surface area contributed by atoms with E-state index < -0.39 is 0 Å². The molecule has 0 unspecified atom stereocenters. The number of hydrogen-bond acceptors (Lipinski definition) is 5. The molecule has 0 amide bonds. The molecule has 0 aliphatic carbocycles. The van der Waals surface area contributed by atoms with Gasteiger partial charge in [0, 0.05) is 24.2 Å². The highest BCUT2D eigenvalue weighted by molar-refractivity contribution is 5.58. The second kappa shape index (κ2) is 7.77. The molecular formula is C20H21N3O2. The van der Waals surface area contributed by atoms with Crippen LogP contribution in [0.5, 0.6) is 5.75 Å². The zero-order valence-corrected chi connectivity index (χ0v) is 14.5. The average molecular weight is 335 g/mol. The van der Waals surface area contributed by atoms with Crippen molar-refractivity contribution in [3.05, 3.63) is 66.7 Å². The van der Waals surface area contributed by atoms with E-state index in [0.29, 0.717) is 11.8 Å². The minimum absolute atomic E-state index is 0.493. The largest absolute Gasteiger partial charge is 0.497 e. The molecule has 0 saturated carbocycles. The average Bonchev–Trinajstić information content (AvgIpc) is 3.13. The summed E-state index contributed by atoms with van der Waals surface area (Å²) in [6.07, 6.45) is 1.90. The van der Waals surface area contributed by atoms with Crippen molar-refractivity contribution in [1.82, 2.24) is 15.1 Å². The summed E-state index contributed by atoms with van der Waals surface area (Å²) < 4.78 is 11.0. The number of likely N-dealkylation sites (N-methyl/N-ethyl adjacent to an activating group) is 1. The fourth-order valence-electron chi connectivity index (χ4n) is 2.54. The van der Waals surface area contributed by atoms with E-state index in [1.807, 2.05) is 42.5 Å². The van der Waals surface area contributed by atoms with E-state index in [-0.39, 0.29) is 0 Å². The molecule has 0 fully saturated rings. The Hall–Kier alpha value is -2.92. The van der Waals surface area contributed by atoms with Crippen molar-refractivity contribution in [3.8, 4) is 28.7 Å². The van der Waals surface area contributed by atoms with Gasteiger partial charge in [0.05, 0.1) is 7.11 Å². The molecule has 0 atom stereocenters. The zero-order chi connectivity index (χ0) is 17.6. The summed E-state index contributed by atoms with van der Waals surface area (Å²) in [4.78, 5) is 2.19. The van der Waals surface area contributed by atoms with E-state index >= 15 is 0 Å². The van der Waals surface area contributed by atoms with Crippen LogP contribution in [0.4, 0.5) is 0 Å². The molecule has 3 rings (SSSR count). The monoisotopic (exact) mass is 335 g/mol. The lowest BCUT2D eigenvalue weighted by Crippen LogP contribution is -2.17. The molecule has 0 aliphatic heterocycles. The maximum atomic E-state index is 5.80. The van der Waals surface area contributed by atoms with Gasteiger partial charge in [0.15, 0.2) is 0 Å². The Bertz CT molecular complexity index is 823. The Labute approximate surface area is 147 Å². The summed E-state index contributed by atoms with van der Waals surface area (Å²) in [5.41, 5.74) is 2.99. The second-order valence-electron chi connectivity index (χ2n) is 5.82. The minimum Gasteiger partial charge on any atom is -0.497 e. The number of ether oxygens (including phenoxy) is 1. The van der Waals surface area contributed by atoms with Crippen molar-refractivity contribution in [3.63, 3.8) is 0 Å². The predicted octanol–water partition coefficient (Wildman–Crippen LogP) is 4.03. The first-order chi connectivity index (χ1) is 12.2. The van der Waals surface area contributed by atoms with Crippen LogP contribution in [0, 0.1) is 0 Å². The predicted molar refractivity (Wildman–Crippen MR) is 98.3 cm³/mol. The van der Waals surface area contributed by atoms with Crippen molar-refractivity contribution in [2.75, 3.05) is 20.7 Å². The lowest BCUT2D eigenvalue weighted by molar-refractivity contribution is 0.364. The molecule has 1 heterocycles. The summed E-state index contributed by atoms with van der Waals surface area (Å²) in [6, 6.07) is 15.7. The highest BCUT2D eigenvalue weighted by atomic mass is 16.5. The Morgan fingerprint density at radius 3 is 2.08 bits per heavy atom. The Morgan fingerprint density at radius 1 is 1.00 bits per heavy atom. The molecule has 0 N–H and O–H groups in total. The molecule has 128 valence electrons. The van der Waals surface area contributed by atoms with Crippen molar-refractivity contribution in [2.24, 2.45) is 0 Å². The summed E-state index contributed by atoms with van der Waals surface area (Å²) in [7, 11) is 3.70. The van der Waals surface area contributed by atoms with Gasteiger partial charge in [0.1, 0.15) is 5.75 Å². The van der Waals surface area contributed by atoms with Crippen LogP contribution in [0.3, 0.4) is 0 Å². The van der Waals surface area contributed by atoms with E-state index in [1.165, 1.54) is 5.56 Å². The van der Waals surface area contributed by atoms with Crippen LogP contribution in [-0.2, 0) is 6.54 Å². The molecule has 0 saturated heterocycles. The van der Waals surface area contributed by atoms with Gasteiger partial charge < -0.3 is 9.15 Å².